The van der Waals surface area contributed by atoms with Gasteiger partial charge in [0, 0.05) is 18.1 Å². The average molecular weight is 386 g/mol. The summed E-state index contributed by atoms with van der Waals surface area (Å²) >= 11 is 0. The molecule has 3 aromatic carbocycles. The molecular weight excluding hydrogens is 368 g/mol. The molecule has 1 unspecified atom stereocenters. The highest BCUT2D eigenvalue weighted by Crippen LogP contribution is 2.38. The number of carbonyl (C=O) groups excluding carboxylic acids is 1. The SMILES string of the molecule is CC(=O)N1N=C(c2ccc(-c3ccccc3)cc2)OC1c1ccc2c(c1)OCO2. The second-order valence-corrected chi connectivity index (χ2v) is 6.80. The van der Waals surface area contributed by atoms with Gasteiger partial charge in [-0.3, -0.25) is 4.79 Å². The topological polar surface area (TPSA) is 60.4 Å². The minimum absolute atomic E-state index is 0.191. The van der Waals surface area contributed by atoms with Crippen molar-refractivity contribution in [3.8, 4) is 22.6 Å². The van der Waals surface area contributed by atoms with E-state index < -0.39 is 6.23 Å². The highest BCUT2D eigenvalue weighted by Gasteiger charge is 2.34. The van der Waals surface area contributed by atoms with Crippen molar-refractivity contribution in [3.63, 3.8) is 0 Å². The van der Waals surface area contributed by atoms with Crippen LogP contribution in [0.25, 0.3) is 11.1 Å². The van der Waals surface area contributed by atoms with E-state index in [0.717, 1.165) is 22.3 Å². The predicted octanol–water partition coefficient (Wildman–Crippen LogP) is 4.32. The highest BCUT2D eigenvalue weighted by atomic mass is 16.7. The van der Waals surface area contributed by atoms with E-state index in [4.69, 9.17) is 14.2 Å². The molecule has 0 aromatic heterocycles. The second-order valence-electron chi connectivity index (χ2n) is 6.80. The molecule has 3 aromatic rings. The second kappa shape index (κ2) is 6.98. The lowest BCUT2D eigenvalue weighted by Crippen LogP contribution is -2.25. The maximum absolute atomic E-state index is 12.2. The average Bonchev–Trinajstić information content (AvgIpc) is 3.41. The van der Waals surface area contributed by atoms with Crippen LogP contribution < -0.4 is 9.47 Å². The summed E-state index contributed by atoms with van der Waals surface area (Å²) in [7, 11) is 0. The first kappa shape index (κ1) is 17.3. The Morgan fingerprint density at radius 2 is 1.59 bits per heavy atom. The van der Waals surface area contributed by atoms with Gasteiger partial charge in [0.25, 0.3) is 0 Å². The molecule has 0 aliphatic carbocycles. The molecule has 29 heavy (non-hydrogen) atoms. The Morgan fingerprint density at radius 1 is 0.897 bits per heavy atom. The maximum atomic E-state index is 12.2. The zero-order valence-electron chi connectivity index (χ0n) is 15.7. The summed E-state index contributed by atoms with van der Waals surface area (Å²) < 4.78 is 16.9. The summed E-state index contributed by atoms with van der Waals surface area (Å²) in [5.41, 5.74) is 3.81. The molecule has 6 heteroatoms. The molecule has 144 valence electrons. The molecule has 0 N–H and O–H groups in total. The van der Waals surface area contributed by atoms with E-state index in [1.807, 2.05) is 60.7 Å². The van der Waals surface area contributed by atoms with Gasteiger partial charge in [-0.05, 0) is 41.5 Å². The molecule has 0 radical (unpaired) electrons. The normalized spacial score (nSPS) is 17.1. The van der Waals surface area contributed by atoms with E-state index >= 15 is 0 Å². The summed E-state index contributed by atoms with van der Waals surface area (Å²) in [6, 6.07) is 23.5. The number of nitrogens with zero attached hydrogens (tertiary/aromatic N) is 2. The minimum Gasteiger partial charge on any atom is -0.454 e. The van der Waals surface area contributed by atoms with Crippen LogP contribution in [0.2, 0.25) is 0 Å². The molecule has 0 spiro atoms. The molecular formula is C23H18N2O4. The van der Waals surface area contributed by atoms with E-state index in [2.05, 4.69) is 17.2 Å². The molecule has 5 rings (SSSR count). The standard InChI is InChI=1S/C23H18N2O4/c1-15(26)25-23(19-11-12-20-21(13-19)28-14-27-20)29-22(24-25)18-9-7-17(8-10-18)16-5-3-2-4-6-16/h2-13,23H,14H2,1H3. The third kappa shape index (κ3) is 3.18. The summed E-state index contributed by atoms with van der Waals surface area (Å²) in [5, 5.41) is 5.76. The fourth-order valence-corrected chi connectivity index (χ4v) is 3.40. The van der Waals surface area contributed by atoms with Crippen molar-refractivity contribution in [3.05, 3.63) is 83.9 Å². The van der Waals surface area contributed by atoms with Gasteiger partial charge in [0.05, 0.1) is 0 Å². The van der Waals surface area contributed by atoms with Crippen LogP contribution in [0.5, 0.6) is 11.5 Å². The van der Waals surface area contributed by atoms with E-state index in [9.17, 15) is 4.79 Å². The van der Waals surface area contributed by atoms with Crippen molar-refractivity contribution in [2.45, 2.75) is 13.2 Å². The summed E-state index contributed by atoms with van der Waals surface area (Å²) in [4.78, 5) is 12.2. The van der Waals surface area contributed by atoms with Crippen LogP contribution in [0.4, 0.5) is 0 Å². The van der Waals surface area contributed by atoms with Crippen LogP contribution in [0.3, 0.4) is 0 Å². The largest absolute Gasteiger partial charge is 0.454 e. The van der Waals surface area contributed by atoms with Gasteiger partial charge in [0.15, 0.2) is 11.5 Å². The van der Waals surface area contributed by atoms with Gasteiger partial charge >= 0.3 is 0 Å². The number of amides is 1. The minimum atomic E-state index is -0.647. The molecule has 0 saturated heterocycles. The maximum Gasteiger partial charge on any atom is 0.243 e. The molecule has 2 aliphatic rings. The lowest BCUT2D eigenvalue weighted by Gasteiger charge is -2.19. The van der Waals surface area contributed by atoms with E-state index in [1.54, 1.807) is 0 Å². The molecule has 1 amide bonds. The molecule has 6 nitrogen and oxygen atoms in total. The zero-order valence-corrected chi connectivity index (χ0v) is 15.7. The molecule has 0 bridgehead atoms. The molecule has 0 fully saturated rings. The lowest BCUT2D eigenvalue weighted by atomic mass is 10.0. The molecule has 1 atom stereocenters. The van der Waals surface area contributed by atoms with Crippen molar-refractivity contribution < 1.29 is 19.0 Å². The number of fused-ring (bicyclic) bond motifs is 1. The highest BCUT2D eigenvalue weighted by molar-refractivity contribution is 5.96. The van der Waals surface area contributed by atoms with Crippen molar-refractivity contribution in [1.82, 2.24) is 5.01 Å². The van der Waals surface area contributed by atoms with Crippen LogP contribution in [0.15, 0.2) is 77.9 Å². The Bertz CT molecular complexity index is 1090. The molecule has 2 heterocycles. The fraction of sp³-hybridized carbons (Fsp3) is 0.130. The third-order valence-corrected chi connectivity index (χ3v) is 4.89. The van der Waals surface area contributed by atoms with Gasteiger partial charge in [0.2, 0.25) is 24.8 Å². The number of ether oxygens (including phenoxy) is 3. The summed E-state index contributed by atoms with van der Waals surface area (Å²) in [5.74, 6) is 1.51. The lowest BCUT2D eigenvalue weighted by molar-refractivity contribution is -0.135. The number of hydrogen-bond donors (Lipinski definition) is 0. The monoisotopic (exact) mass is 386 g/mol. The van der Waals surface area contributed by atoms with Gasteiger partial charge in [-0.2, -0.15) is 5.01 Å². The summed E-state index contributed by atoms with van der Waals surface area (Å²) in [6.07, 6.45) is -0.647. The van der Waals surface area contributed by atoms with Crippen LogP contribution in [-0.2, 0) is 9.53 Å². The predicted molar refractivity (Wildman–Crippen MR) is 107 cm³/mol. The van der Waals surface area contributed by atoms with Crippen molar-refractivity contribution in [2.75, 3.05) is 6.79 Å². The first-order valence-corrected chi connectivity index (χ1v) is 9.29. The third-order valence-electron chi connectivity index (χ3n) is 4.89. The Balaban J connectivity index is 1.43. The van der Waals surface area contributed by atoms with Gasteiger partial charge in [-0.15, -0.1) is 5.10 Å². The van der Waals surface area contributed by atoms with Gasteiger partial charge in [-0.1, -0.05) is 42.5 Å². The number of rotatable bonds is 3. The first-order chi connectivity index (χ1) is 14.2. The van der Waals surface area contributed by atoms with Gasteiger partial charge < -0.3 is 14.2 Å². The fourth-order valence-electron chi connectivity index (χ4n) is 3.40. The number of hydrogen-bond acceptors (Lipinski definition) is 5. The Hall–Kier alpha value is -3.80. The molecule has 0 saturated carbocycles. The van der Waals surface area contributed by atoms with Crippen LogP contribution in [0.1, 0.15) is 24.3 Å². The number of hydrazone groups is 1. The van der Waals surface area contributed by atoms with Gasteiger partial charge in [0.1, 0.15) is 0 Å². The number of carbonyl (C=O) groups is 1. The van der Waals surface area contributed by atoms with Crippen LogP contribution >= 0.6 is 0 Å². The van der Waals surface area contributed by atoms with E-state index in [-0.39, 0.29) is 12.7 Å². The zero-order chi connectivity index (χ0) is 19.8. The van der Waals surface area contributed by atoms with Crippen molar-refractivity contribution in [1.29, 1.82) is 0 Å². The Kier molecular flexibility index (Phi) is 4.17. The van der Waals surface area contributed by atoms with E-state index in [1.165, 1.54) is 11.9 Å². The Labute approximate surface area is 167 Å². The quantitative estimate of drug-likeness (QED) is 0.673. The Morgan fingerprint density at radius 3 is 2.34 bits per heavy atom. The molecule has 2 aliphatic heterocycles. The van der Waals surface area contributed by atoms with Crippen LogP contribution in [-0.4, -0.2) is 23.6 Å². The summed E-state index contributed by atoms with van der Waals surface area (Å²) in [6.45, 7) is 1.66. The number of benzene rings is 3. The van der Waals surface area contributed by atoms with E-state index in [0.29, 0.717) is 17.4 Å². The van der Waals surface area contributed by atoms with Gasteiger partial charge in [-0.25, -0.2) is 0 Å². The first-order valence-electron chi connectivity index (χ1n) is 9.29. The van der Waals surface area contributed by atoms with Crippen LogP contribution in [0, 0.1) is 0 Å². The van der Waals surface area contributed by atoms with Crippen molar-refractivity contribution in [2.24, 2.45) is 5.10 Å². The smallest absolute Gasteiger partial charge is 0.243 e. The van der Waals surface area contributed by atoms with Crippen molar-refractivity contribution >= 4 is 11.8 Å².